The van der Waals surface area contributed by atoms with E-state index in [1.165, 1.54) is 0 Å². The quantitative estimate of drug-likeness (QED) is 0.808. The fraction of sp³-hybridized carbons (Fsp3) is 0.867. The number of likely N-dealkylation sites (tertiary alicyclic amines) is 1. The van der Waals surface area contributed by atoms with Gasteiger partial charge in [-0.2, -0.15) is 0 Å². The molecule has 1 N–H and O–H groups in total. The number of piperidine rings is 1. The maximum Gasteiger partial charge on any atom is 0.326 e. The topological polar surface area (TPSA) is 64.1 Å². The summed E-state index contributed by atoms with van der Waals surface area (Å²) in [6.07, 6.45) is 2.62. The maximum absolute atomic E-state index is 12.7. The first-order chi connectivity index (χ1) is 9.88. The van der Waals surface area contributed by atoms with E-state index in [4.69, 9.17) is 0 Å². The number of amides is 2. The number of nitrogens with zero attached hydrogens (tertiary/aromatic N) is 3. The number of rotatable bonds is 6. The Morgan fingerprint density at radius 1 is 1.24 bits per heavy atom. The van der Waals surface area contributed by atoms with E-state index in [9.17, 15) is 14.7 Å². The van der Waals surface area contributed by atoms with Crippen molar-refractivity contribution in [1.29, 1.82) is 0 Å². The Bertz CT molecular complexity index is 360. The summed E-state index contributed by atoms with van der Waals surface area (Å²) in [6.45, 7) is 6.58. The van der Waals surface area contributed by atoms with Gasteiger partial charge in [-0.1, -0.05) is 13.8 Å². The van der Waals surface area contributed by atoms with Gasteiger partial charge in [0.1, 0.15) is 6.04 Å². The smallest absolute Gasteiger partial charge is 0.326 e. The Morgan fingerprint density at radius 2 is 1.90 bits per heavy atom. The summed E-state index contributed by atoms with van der Waals surface area (Å²) in [5.74, 6) is -0.878. The highest BCUT2D eigenvalue weighted by atomic mass is 16.4. The third-order valence-corrected chi connectivity index (χ3v) is 4.01. The van der Waals surface area contributed by atoms with E-state index >= 15 is 0 Å². The van der Waals surface area contributed by atoms with Crippen LogP contribution < -0.4 is 0 Å². The number of carbonyl (C=O) groups excluding carboxylic acids is 1. The fourth-order valence-corrected chi connectivity index (χ4v) is 2.85. The Labute approximate surface area is 127 Å². The average Bonchev–Trinajstić information content (AvgIpc) is 2.41. The van der Waals surface area contributed by atoms with Crippen LogP contribution in [0.1, 0.15) is 33.1 Å². The Balaban J connectivity index is 2.81. The van der Waals surface area contributed by atoms with Crippen LogP contribution in [0.25, 0.3) is 0 Å². The predicted molar refractivity (Wildman–Crippen MR) is 82.3 cm³/mol. The molecule has 2 amide bonds. The molecule has 1 aliphatic heterocycles. The maximum atomic E-state index is 12.7. The number of carbonyl (C=O) groups is 2. The fourth-order valence-electron chi connectivity index (χ4n) is 2.85. The normalized spacial score (nSPS) is 22.4. The molecule has 0 radical (unpaired) electrons. The van der Waals surface area contributed by atoms with Crippen molar-refractivity contribution in [3.05, 3.63) is 0 Å². The first kappa shape index (κ1) is 17.8. The van der Waals surface area contributed by atoms with Crippen LogP contribution in [0.3, 0.4) is 0 Å². The minimum Gasteiger partial charge on any atom is -0.480 e. The Hall–Kier alpha value is -1.30. The van der Waals surface area contributed by atoms with Crippen molar-refractivity contribution in [2.45, 2.75) is 39.2 Å². The number of aliphatic carboxylic acids is 1. The van der Waals surface area contributed by atoms with Crippen LogP contribution in [0, 0.1) is 5.92 Å². The van der Waals surface area contributed by atoms with Gasteiger partial charge in [0.15, 0.2) is 0 Å². The predicted octanol–water partition coefficient (Wildman–Crippen LogP) is 1.57. The summed E-state index contributed by atoms with van der Waals surface area (Å²) in [5.41, 5.74) is 0. The summed E-state index contributed by atoms with van der Waals surface area (Å²) in [6, 6.07) is -0.817. The zero-order valence-corrected chi connectivity index (χ0v) is 13.7. The van der Waals surface area contributed by atoms with Crippen molar-refractivity contribution >= 4 is 12.0 Å². The van der Waals surface area contributed by atoms with E-state index in [0.29, 0.717) is 19.6 Å². The molecule has 0 aromatic carbocycles. The van der Waals surface area contributed by atoms with Crippen LogP contribution >= 0.6 is 0 Å². The molecular weight excluding hydrogens is 270 g/mol. The van der Waals surface area contributed by atoms with Crippen LogP contribution in [0.5, 0.6) is 0 Å². The molecular formula is C15H29N3O3. The molecule has 1 saturated heterocycles. The second kappa shape index (κ2) is 8.22. The van der Waals surface area contributed by atoms with Crippen LogP contribution in [-0.4, -0.2) is 78.1 Å². The van der Waals surface area contributed by atoms with Crippen molar-refractivity contribution < 1.29 is 14.7 Å². The van der Waals surface area contributed by atoms with Crippen LogP contribution in [0.2, 0.25) is 0 Å². The average molecular weight is 299 g/mol. The first-order valence-electron chi connectivity index (χ1n) is 7.81. The number of urea groups is 1. The summed E-state index contributed by atoms with van der Waals surface area (Å²) >= 11 is 0. The first-order valence-corrected chi connectivity index (χ1v) is 7.81. The van der Waals surface area contributed by atoms with E-state index < -0.39 is 12.0 Å². The summed E-state index contributed by atoms with van der Waals surface area (Å²) in [5, 5.41) is 9.44. The van der Waals surface area contributed by atoms with Crippen LogP contribution in [0.4, 0.5) is 4.79 Å². The van der Waals surface area contributed by atoms with Gasteiger partial charge in [0.2, 0.25) is 0 Å². The van der Waals surface area contributed by atoms with Gasteiger partial charge in [0.05, 0.1) is 0 Å². The van der Waals surface area contributed by atoms with Crippen LogP contribution in [-0.2, 0) is 4.79 Å². The molecule has 1 fully saturated rings. The molecule has 1 rings (SSSR count). The van der Waals surface area contributed by atoms with Gasteiger partial charge in [-0.3, -0.25) is 0 Å². The molecule has 6 nitrogen and oxygen atoms in total. The number of carboxylic acid groups (broad SMARTS) is 1. The molecule has 21 heavy (non-hydrogen) atoms. The lowest BCUT2D eigenvalue weighted by molar-refractivity contribution is -0.145. The van der Waals surface area contributed by atoms with E-state index in [2.05, 4.69) is 0 Å². The molecule has 122 valence electrons. The van der Waals surface area contributed by atoms with Gasteiger partial charge >= 0.3 is 12.0 Å². The Kier molecular flexibility index (Phi) is 6.95. The van der Waals surface area contributed by atoms with E-state index in [1.54, 1.807) is 9.80 Å². The molecule has 0 aromatic rings. The molecule has 6 heteroatoms. The molecule has 2 unspecified atom stereocenters. The highest BCUT2D eigenvalue weighted by molar-refractivity contribution is 5.83. The largest absolute Gasteiger partial charge is 0.480 e. The Morgan fingerprint density at radius 3 is 2.43 bits per heavy atom. The van der Waals surface area contributed by atoms with Crippen molar-refractivity contribution in [1.82, 2.24) is 14.7 Å². The molecule has 0 aliphatic carbocycles. The lowest BCUT2D eigenvalue weighted by atomic mass is 9.91. The molecule has 1 heterocycles. The standard InChI is InChI=1S/C15H29N3O3/c1-5-8-17(11-10-16(3)4)15(21)18-9-6-7-12(2)13(18)14(19)20/h12-13H,5-11H2,1-4H3,(H,19,20). The van der Waals surface area contributed by atoms with Gasteiger partial charge < -0.3 is 19.8 Å². The third-order valence-electron chi connectivity index (χ3n) is 4.01. The molecule has 0 bridgehead atoms. The van der Waals surface area contributed by atoms with Crippen molar-refractivity contribution in [2.24, 2.45) is 5.92 Å². The number of hydrogen-bond donors (Lipinski definition) is 1. The van der Waals surface area contributed by atoms with Crippen molar-refractivity contribution in [3.8, 4) is 0 Å². The van der Waals surface area contributed by atoms with Gasteiger partial charge in [-0.25, -0.2) is 9.59 Å². The SMILES string of the molecule is CCCN(CCN(C)C)C(=O)N1CCCC(C)C1C(=O)O. The molecule has 0 saturated carbocycles. The minimum atomic E-state index is -0.889. The lowest BCUT2D eigenvalue weighted by Crippen LogP contribution is -2.56. The summed E-state index contributed by atoms with van der Waals surface area (Å²) < 4.78 is 0. The van der Waals surface area contributed by atoms with Gasteiger partial charge in [-0.15, -0.1) is 0 Å². The lowest BCUT2D eigenvalue weighted by Gasteiger charge is -2.40. The molecule has 1 aliphatic rings. The third kappa shape index (κ3) is 4.88. The summed E-state index contributed by atoms with van der Waals surface area (Å²) in [7, 11) is 3.94. The monoisotopic (exact) mass is 299 g/mol. The van der Waals surface area contributed by atoms with Gasteiger partial charge in [0.25, 0.3) is 0 Å². The van der Waals surface area contributed by atoms with E-state index in [1.807, 2.05) is 32.8 Å². The highest BCUT2D eigenvalue weighted by Gasteiger charge is 2.38. The zero-order valence-electron chi connectivity index (χ0n) is 13.7. The summed E-state index contributed by atoms with van der Waals surface area (Å²) in [4.78, 5) is 29.6. The molecule has 2 atom stereocenters. The van der Waals surface area contributed by atoms with E-state index in [0.717, 1.165) is 25.8 Å². The van der Waals surface area contributed by atoms with Crippen molar-refractivity contribution in [3.63, 3.8) is 0 Å². The van der Waals surface area contributed by atoms with Crippen LogP contribution in [0.15, 0.2) is 0 Å². The second-order valence-corrected chi connectivity index (χ2v) is 6.17. The highest BCUT2D eigenvalue weighted by Crippen LogP contribution is 2.24. The number of likely N-dealkylation sites (N-methyl/N-ethyl adjacent to an activating group) is 1. The van der Waals surface area contributed by atoms with Crippen molar-refractivity contribution in [2.75, 3.05) is 40.3 Å². The van der Waals surface area contributed by atoms with E-state index in [-0.39, 0.29) is 11.9 Å². The second-order valence-electron chi connectivity index (χ2n) is 6.17. The minimum absolute atomic E-state index is 0.0116. The zero-order chi connectivity index (χ0) is 16.0. The molecule has 0 aromatic heterocycles. The molecule has 0 spiro atoms. The van der Waals surface area contributed by atoms with Gasteiger partial charge in [-0.05, 0) is 39.3 Å². The number of hydrogen-bond acceptors (Lipinski definition) is 3. The van der Waals surface area contributed by atoms with Gasteiger partial charge in [0, 0.05) is 26.2 Å². The number of carboxylic acids is 1.